The topological polar surface area (TPSA) is 94.2 Å². The van der Waals surface area contributed by atoms with Crippen LogP contribution < -0.4 is 14.5 Å². The Balaban J connectivity index is 1.49. The molecule has 0 bridgehead atoms. The highest BCUT2D eigenvalue weighted by molar-refractivity contribution is 7.89. The maximum atomic E-state index is 13.9. The number of aromatic amines is 1. The number of rotatable bonds is 5. The molecule has 0 radical (unpaired) electrons. The molecule has 0 atom stereocenters. The van der Waals surface area contributed by atoms with Crippen molar-refractivity contribution in [1.82, 2.24) is 19.7 Å². The molecule has 4 aromatic rings. The molecule has 8 nitrogen and oxygen atoms in total. The Kier molecular flexibility index (Phi) is 6.66. The van der Waals surface area contributed by atoms with Gasteiger partial charge in [0.25, 0.3) is 0 Å². The molecule has 5 rings (SSSR count). The van der Waals surface area contributed by atoms with Crippen LogP contribution in [0.25, 0.3) is 22.2 Å². The van der Waals surface area contributed by atoms with Crippen molar-refractivity contribution in [1.29, 1.82) is 0 Å². The van der Waals surface area contributed by atoms with Crippen molar-refractivity contribution in [3.05, 3.63) is 65.6 Å². The number of pyridine rings is 1. The monoisotopic (exact) mass is 570 g/mol. The van der Waals surface area contributed by atoms with Crippen LogP contribution in [-0.2, 0) is 16.2 Å². The number of hydrogen-bond donors (Lipinski definition) is 2. The lowest BCUT2D eigenvalue weighted by molar-refractivity contribution is -0.137. The second kappa shape index (κ2) is 9.72. The zero-order valence-corrected chi connectivity index (χ0v) is 21.0. The van der Waals surface area contributed by atoms with E-state index in [0.29, 0.717) is 38.3 Å². The number of alkyl halides is 3. The number of hydrogen-bond acceptors (Lipinski definition) is 6. The van der Waals surface area contributed by atoms with E-state index in [1.54, 1.807) is 9.80 Å². The number of aromatic nitrogens is 3. The van der Waals surface area contributed by atoms with Crippen LogP contribution in [0.2, 0.25) is 0 Å². The lowest BCUT2D eigenvalue weighted by Crippen LogP contribution is -2.47. The van der Waals surface area contributed by atoms with Gasteiger partial charge in [-0.1, -0.05) is 0 Å². The first-order valence-electron chi connectivity index (χ1n) is 11.5. The Bertz CT molecular complexity index is 1640. The fourth-order valence-corrected chi connectivity index (χ4v) is 5.32. The van der Waals surface area contributed by atoms with Crippen LogP contribution in [0.3, 0.4) is 0 Å². The second-order valence-corrected chi connectivity index (χ2v) is 10.6. The number of imidazole rings is 1. The van der Waals surface area contributed by atoms with Crippen LogP contribution in [0, 0.1) is 17.5 Å². The van der Waals surface area contributed by atoms with E-state index in [2.05, 4.69) is 19.7 Å². The predicted molar refractivity (Wildman–Crippen MR) is 131 cm³/mol. The zero-order chi connectivity index (χ0) is 28.1. The standard InChI is InChI=1S/C24H20F6N6O2S/c1-31-39(37,38)19-3-2-4-32-22(19)35-5-7-36(8-6-35)23-33-18-12-14(24(28,29)30)11-15(21(18)34-23)13-9-16(25)20(27)17(26)10-13/h2-4,9-12,31H,5-8H2,1H3,(H,33,34). The first-order valence-corrected chi connectivity index (χ1v) is 13.0. The Labute approximate surface area is 218 Å². The summed E-state index contributed by atoms with van der Waals surface area (Å²) in [5.41, 5.74) is -1.61. The summed E-state index contributed by atoms with van der Waals surface area (Å²) in [6.45, 7) is 1.23. The molecule has 3 heterocycles. The fourth-order valence-electron chi connectivity index (χ4n) is 4.42. The summed E-state index contributed by atoms with van der Waals surface area (Å²) in [7, 11) is -2.48. The quantitative estimate of drug-likeness (QED) is 0.275. The maximum absolute atomic E-state index is 13.9. The van der Waals surface area contributed by atoms with Crippen molar-refractivity contribution < 1.29 is 34.8 Å². The largest absolute Gasteiger partial charge is 0.416 e. The van der Waals surface area contributed by atoms with Gasteiger partial charge in [-0.25, -0.2) is 36.3 Å². The molecule has 1 saturated heterocycles. The first kappa shape index (κ1) is 26.7. The number of benzene rings is 2. The van der Waals surface area contributed by atoms with E-state index in [4.69, 9.17) is 0 Å². The number of piperazine rings is 1. The van der Waals surface area contributed by atoms with Crippen molar-refractivity contribution in [2.24, 2.45) is 0 Å². The molecule has 0 unspecified atom stereocenters. The van der Waals surface area contributed by atoms with E-state index in [1.165, 1.54) is 25.4 Å². The molecule has 0 amide bonds. The fraction of sp³-hybridized carbons (Fsp3) is 0.250. The van der Waals surface area contributed by atoms with Gasteiger partial charge in [0.15, 0.2) is 17.5 Å². The van der Waals surface area contributed by atoms with Gasteiger partial charge in [0, 0.05) is 37.9 Å². The van der Waals surface area contributed by atoms with Crippen LogP contribution in [0.15, 0.2) is 47.5 Å². The predicted octanol–water partition coefficient (Wildman–Crippen LogP) is 4.30. The Hall–Kier alpha value is -3.85. The number of anilines is 2. The summed E-state index contributed by atoms with van der Waals surface area (Å²) < 4.78 is 109. The van der Waals surface area contributed by atoms with Crippen molar-refractivity contribution in [3.63, 3.8) is 0 Å². The third-order valence-corrected chi connectivity index (χ3v) is 7.83. The molecular weight excluding hydrogens is 550 g/mol. The lowest BCUT2D eigenvalue weighted by atomic mass is 10.0. The first-order chi connectivity index (χ1) is 18.4. The summed E-state index contributed by atoms with van der Waals surface area (Å²) in [4.78, 5) is 15.0. The smallest absolute Gasteiger partial charge is 0.352 e. The zero-order valence-electron chi connectivity index (χ0n) is 20.2. The normalized spacial score (nSPS) is 14.8. The van der Waals surface area contributed by atoms with E-state index in [1.807, 2.05) is 0 Å². The van der Waals surface area contributed by atoms with E-state index < -0.39 is 39.2 Å². The molecular formula is C24H20F6N6O2S. The Morgan fingerprint density at radius 3 is 2.23 bits per heavy atom. The molecule has 0 saturated carbocycles. The van der Waals surface area contributed by atoms with E-state index in [9.17, 15) is 34.8 Å². The highest BCUT2D eigenvalue weighted by Gasteiger charge is 2.33. The van der Waals surface area contributed by atoms with Crippen molar-refractivity contribution in [2.45, 2.75) is 11.1 Å². The summed E-state index contributed by atoms with van der Waals surface area (Å²) >= 11 is 0. The Morgan fingerprint density at radius 1 is 0.974 bits per heavy atom. The molecule has 0 aliphatic carbocycles. The molecule has 1 aliphatic heterocycles. The van der Waals surface area contributed by atoms with Crippen molar-refractivity contribution in [3.8, 4) is 11.1 Å². The molecule has 2 N–H and O–H groups in total. The molecule has 39 heavy (non-hydrogen) atoms. The van der Waals surface area contributed by atoms with Crippen LogP contribution >= 0.6 is 0 Å². The average Bonchev–Trinajstić information content (AvgIpc) is 3.35. The van der Waals surface area contributed by atoms with Gasteiger partial charge in [-0.05, 0) is 49.0 Å². The second-order valence-electron chi connectivity index (χ2n) is 8.74. The van der Waals surface area contributed by atoms with Gasteiger partial charge in [-0.2, -0.15) is 13.2 Å². The molecule has 0 spiro atoms. The van der Waals surface area contributed by atoms with E-state index >= 15 is 0 Å². The number of fused-ring (bicyclic) bond motifs is 1. The van der Waals surface area contributed by atoms with Crippen LogP contribution in [0.1, 0.15) is 5.56 Å². The van der Waals surface area contributed by atoms with Gasteiger partial charge in [0.1, 0.15) is 10.7 Å². The van der Waals surface area contributed by atoms with Gasteiger partial charge in [0.05, 0.1) is 16.6 Å². The van der Waals surface area contributed by atoms with Crippen LogP contribution in [0.5, 0.6) is 0 Å². The van der Waals surface area contributed by atoms with Gasteiger partial charge in [0.2, 0.25) is 16.0 Å². The average molecular weight is 571 g/mol. The summed E-state index contributed by atoms with van der Waals surface area (Å²) in [6, 6.07) is 5.71. The van der Waals surface area contributed by atoms with E-state index in [-0.39, 0.29) is 38.8 Å². The molecule has 2 aromatic carbocycles. The Morgan fingerprint density at radius 2 is 1.62 bits per heavy atom. The number of nitrogens with zero attached hydrogens (tertiary/aromatic N) is 4. The van der Waals surface area contributed by atoms with E-state index in [0.717, 1.165) is 12.1 Å². The van der Waals surface area contributed by atoms with Gasteiger partial charge in [-0.15, -0.1) is 0 Å². The third kappa shape index (κ3) is 4.98. The summed E-state index contributed by atoms with van der Waals surface area (Å²) in [6.07, 6.45) is -3.31. The van der Waals surface area contributed by atoms with Crippen LogP contribution in [0.4, 0.5) is 38.1 Å². The van der Waals surface area contributed by atoms with Crippen molar-refractivity contribution >= 4 is 32.8 Å². The molecule has 15 heteroatoms. The van der Waals surface area contributed by atoms with Gasteiger partial charge in [-0.3, -0.25) is 0 Å². The number of halogens is 6. The van der Waals surface area contributed by atoms with Gasteiger partial charge < -0.3 is 14.8 Å². The minimum atomic E-state index is -4.78. The minimum Gasteiger partial charge on any atom is -0.352 e. The molecule has 1 aliphatic rings. The lowest BCUT2D eigenvalue weighted by Gasteiger charge is -2.35. The number of nitrogens with one attached hydrogen (secondary N) is 2. The molecule has 206 valence electrons. The highest BCUT2D eigenvalue weighted by atomic mass is 32.2. The molecule has 2 aromatic heterocycles. The summed E-state index contributed by atoms with van der Waals surface area (Å²) in [5, 5.41) is 0. The number of sulfonamides is 1. The number of H-pyrrole nitrogens is 1. The van der Waals surface area contributed by atoms with Crippen molar-refractivity contribution in [2.75, 3.05) is 43.0 Å². The minimum absolute atomic E-state index is 0.00720. The SMILES string of the molecule is CNS(=O)(=O)c1cccnc1N1CCN(c2nc3cc(C(F)(F)F)cc(-c4cc(F)c(F)c(F)c4)c3[nH]2)CC1. The van der Waals surface area contributed by atoms with Crippen LogP contribution in [-0.4, -0.2) is 56.6 Å². The highest BCUT2D eigenvalue weighted by Crippen LogP contribution is 2.38. The summed E-state index contributed by atoms with van der Waals surface area (Å²) in [5.74, 6) is -4.35. The van der Waals surface area contributed by atoms with Gasteiger partial charge >= 0.3 is 6.18 Å². The maximum Gasteiger partial charge on any atom is 0.416 e. The third-order valence-electron chi connectivity index (χ3n) is 6.39. The molecule has 1 fully saturated rings.